The van der Waals surface area contributed by atoms with Crippen LogP contribution in [0.3, 0.4) is 0 Å². The molecule has 0 spiro atoms. The summed E-state index contributed by atoms with van der Waals surface area (Å²) in [6, 6.07) is 3.67. The lowest BCUT2D eigenvalue weighted by Crippen LogP contribution is -2.41. The Kier molecular flexibility index (Phi) is 5.59. The molecular weight excluding hydrogens is 268 g/mol. The largest absolute Gasteiger partial charge is 0.496 e. The normalized spacial score (nSPS) is 15.8. The number of benzene rings is 1. The van der Waals surface area contributed by atoms with Gasteiger partial charge in [0.25, 0.3) is 5.91 Å². The monoisotopic (exact) mass is 292 g/mol. The fourth-order valence-electron chi connectivity index (χ4n) is 2.51. The average molecular weight is 292 g/mol. The maximum atomic E-state index is 12.3. The molecule has 1 aromatic carbocycles. The molecule has 5 nitrogen and oxygen atoms in total. The maximum Gasteiger partial charge on any atom is 0.251 e. The van der Waals surface area contributed by atoms with Gasteiger partial charge in [-0.05, 0) is 37.1 Å². The minimum Gasteiger partial charge on any atom is -0.496 e. The number of carbonyl (C=O) groups excluding carboxylic acids is 1. The third kappa shape index (κ3) is 3.95. The van der Waals surface area contributed by atoms with Gasteiger partial charge in [0.15, 0.2) is 0 Å². The summed E-state index contributed by atoms with van der Waals surface area (Å²) in [5.74, 6) is 0.795. The second kappa shape index (κ2) is 7.43. The van der Waals surface area contributed by atoms with Gasteiger partial charge in [-0.3, -0.25) is 9.69 Å². The number of nitrogens with one attached hydrogen (secondary N) is 1. The van der Waals surface area contributed by atoms with E-state index in [1.807, 2.05) is 26.0 Å². The highest BCUT2D eigenvalue weighted by Crippen LogP contribution is 2.23. The summed E-state index contributed by atoms with van der Waals surface area (Å²) in [5.41, 5.74) is 2.70. The number of amides is 1. The van der Waals surface area contributed by atoms with E-state index >= 15 is 0 Å². The van der Waals surface area contributed by atoms with Gasteiger partial charge in [-0.1, -0.05) is 0 Å². The topological polar surface area (TPSA) is 50.8 Å². The molecule has 21 heavy (non-hydrogen) atoms. The number of hydrogen-bond donors (Lipinski definition) is 1. The van der Waals surface area contributed by atoms with Crippen molar-refractivity contribution >= 4 is 5.91 Å². The van der Waals surface area contributed by atoms with E-state index < -0.39 is 0 Å². The van der Waals surface area contributed by atoms with E-state index in [1.165, 1.54) is 0 Å². The quantitative estimate of drug-likeness (QED) is 0.890. The van der Waals surface area contributed by atoms with Crippen LogP contribution >= 0.6 is 0 Å². The molecule has 1 aliphatic rings. The molecule has 1 fully saturated rings. The molecular formula is C16H24N2O3. The second-order valence-corrected chi connectivity index (χ2v) is 5.28. The Morgan fingerprint density at radius 3 is 2.67 bits per heavy atom. The van der Waals surface area contributed by atoms with Crippen molar-refractivity contribution in [3.05, 3.63) is 28.8 Å². The first-order chi connectivity index (χ1) is 10.1. The van der Waals surface area contributed by atoms with Crippen molar-refractivity contribution in [1.82, 2.24) is 10.2 Å². The molecule has 0 atom stereocenters. The van der Waals surface area contributed by atoms with Crippen LogP contribution in [0, 0.1) is 13.8 Å². The van der Waals surface area contributed by atoms with Gasteiger partial charge < -0.3 is 14.8 Å². The number of hydrogen-bond acceptors (Lipinski definition) is 4. The molecule has 1 amide bonds. The summed E-state index contributed by atoms with van der Waals surface area (Å²) in [6.07, 6.45) is 0. The van der Waals surface area contributed by atoms with Gasteiger partial charge in [0.05, 0.1) is 20.3 Å². The molecule has 1 saturated heterocycles. The molecule has 5 heteroatoms. The summed E-state index contributed by atoms with van der Waals surface area (Å²) >= 11 is 0. The zero-order valence-corrected chi connectivity index (χ0v) is 13.1. The van der Waals surface area contributed by atoms with Gasteiger partial charge in [0, 0.05) is 31.7 Å². The van der Waals surface area contributed by atoms with Crippen molar-refractivity contribution in [1.29, 1.82) is 0 Å². The Labute approximate surface area is 126 Å². The fraction of sp³-hybridized carbons (Fsp3) is 0.562. The minimum atomic E-state index is -0.0217. The Morgan fingerprint density at radius 2 is 2.00 bits per heavy atom. The Bertz CT molecular complexity index is 497. The standard InChI is InChI=1S/C16H24N2O3/c1-12-13(2)15(20-3)5-4-14(12)16(19)17-6-7-18-8-10-21-11-9-18/h4-5H,6-11H2,1-3H3,(H,17,19). The predicted octanol–water partition coefficient (Wildman–Crippen LogP) is 1.37. The number of carbonyl (C=O) groups is 1. The molecule has 0 aliphatic carbocycles. The molecule has 0 saturated carbocycles. The maximum absolute atomic E-state index is 12.3. The molecule has 1 aliphatic heterocycles. The van der Waals surface area contributed by atoms with Crippen molar-refractivity contribution in [2.24, 2.45) is 0 Å². The van der Waals surface area contributed by atoms with Crippen LogP contribution in [0.1, 0.15) is 21.5 Å². The predicted molar refractivity (Wildman–Crippen MR) is 82.1 cm³/mol. The lowest BCUT2D eigenvalue weighted by atomic mass is 10.0. The van der Waals surface area contributed by atoms with Crippen LogP contribution in [0.25, 0.3) is 0 Å². The lowest BCUT2D eigenvalue weighted by Gasteiger charge is -2.26. The van der Waals surface area contributed by atoms with Crippen LogP contribution in [0.4, 0.5) is 0 Å². The Morgan fingerprint density at radius 1 is 1.29 bits per heavy atom. The van der Waals surface area contributed by atoms with Crippen LogP contribution in [0.5, 0.6) is 5.75 Å². The summed E-state index contributed by atoms with van der Waals surface area (Å²) < 4.78 is 10.6. The number of methoxy groups -OCH3 is 1. The smallest absolute Gasteiger partial charge is 0.251 e. The second-order valence-electron chi connectivity index (χ2n) is 5.28. The molecule has 1 N–H and O–H groups in total. The summed E-state index contributed by atoms with van der Waals surface area (Å²) in [4.78, 5) is 14.6. The van der Waals surface area contributed by atoms with Gasteiger partial charge in [0.2, 0.25) is 0 Å². The van der Waals surface area contributed by atoms with Crippen LogP contribution in [0.2, 0.25) is 0 Å². The molecule has 1 aromatic rings. The summed E-state index contributed by atoms with van der Waals surface area (Å²) in [7, 11) is 1.64. The molecule has 0 aromatic heterocycles. The van der Waals surface area contributed by atoms with Crippen molar-refractivity contribution in [3.8, 4) is 5.75 Å². The van der Waals surface area contributed by atoms with Gasteiger partial charge >= 0.3 is 0 Å². The van der Waals surface area contributed by atoms with Crippen LogP contribution < -0.4 is 10.1 Å². The average Bonchev–Trinajstić information content (AvgIpc) is 2.51. The first-order valence-corrected chi connectivity index (χ1v) is 7.36. The molecule has 2 rings (SSSR count). The molecule has 0 unspecified atom stereocenters. The van der Waals surface area contributed by atoms with E-state index in [1.54, 1.807) is 7.11 Å². The summed E-state index contributed by atoms with van der Waals surface area (Å²) in [6.45, 7) is 8.89. The highest BCUT2D eigenvalue weighted by Gasteiger charge is 2.14. The van der Waals surface area contributed by atoms with Crippen molar-refractivity contribution < 1.29 is 14.3 Å². The number of nitrogens with zero attached hydrogens (tertiary/aromatic N) is 1. The Balaban J connectivity index is 1.89. The SMILES string of the molecule is COc1ccc(C(=O)NCCN2CCOCC2)c(C)c1C. The highest BCUT2D eigenvalue weighted by molar-refractivity contribution is 5.96. The van der Waals surface area contributed by atoms with Gasteiger partial charge in [-0.25, -0.2) is 0 Å². The summed E-state index contributed by atoms with van der Waals surface area (Å²) in [5, 5.41) is 2.99. The van der Waals surface area contributed by atoms with E-state index in [0.717, 1.165) is 55.3 Å². The fourth-order valence-corrected chi connectivity index (χ4v) is 2.51. The van der Waals surface area contributed by atoms with Crippen LogP contribution in [-0.4, -0.2) is 57.3 Å². The third-order valence-corrected chi connectivity index (χ3v) is 4.02. The zero-order valence-electron chi connectivity index (χ0n) is 13.1. The van der Waals surface area contributed by atoms with E-state index in [2.05, 4.69) is 10.2 Å². The van der Waals surface area contributed by atoms with E-state index in [-0.39, 0.29) is 5.91 Å². The van der Waals surface area contributed by atoms with Gasteiger partial charge in [-0.15, -0.1) is 0 Å². The van der Waals surface area contributed by atoms with Gasteiger partial charge in [-0.2, -0.15) is 0 Å². The van der Waals surface area contributed by atoms with Gasteiger partial charge in [0.1, 0.15) is 5.75 Å². The molecule has 0 bridgehead atoms. The molecule has 116 valence electrons. The first-order valence-electron chi connectivity index (χ1n) is 7.36. The zero-order chi connectivity index (χ0) is 15.2. The molecule has 1 heterocycles. The third-order valence-electron chi connectivity index (χ3n) is 4.02. The van der Waals surface area contributed by atoms with Crippen molar-refractivity contribution in [2.45, 2.75) is 13.8 Å². The van der Waals surface area contributed by atoms with Crippen LogP contribution in [0.15, 0.2) is 12.1 Å². The number of rotatable bonds is 5. The number of ether oxygens (including phenoxy) is 2. The van der Waals surface area contributed by atoms with Crippen LogP contribution in [-0.2, 0) is 4.74 Å². The van der Waals surface area contributed by atoms with Crippen molar-refractivity contribution in [2.75, 3.05) is 46.5 Å². The van der Waals surface area contributed by atoms with E-state index in [0.29, 0.717) is 6.54 Å². The minimum absolute atomic E-state index is 0.0217. The van der Waals surface area contributed by atoms with Crippen molar-refractivity contribution in [3.63, 3.8) is 0 Å². The highest BCUT2D eigenvalue weighted by atomic mass is 16.5. The lowest BCUT2D eigenvalue weighted by molar-refractivity contribution is 0.0383. The first kappa shape index (κ1) is 15.8. The molecule has 0 radical (unpaired) electrons. The Hall–Kier alpha value is -1.59. The number of morpholine rings is 1. The van der Waals surface area contributed by atoms with E-state index in [9.17, 15) is 4.79 Å². The van der Waals surface area contributed by atoms with E-state index in [4.69, 9.17) is 9.47 Å².